The highest BCUT2D eigenvalue weighted by atomic mass is 32.2. The largest absolute Gasteiger partial charge is 0.440 e. The number of nitrogens with one attached hydrogen (secondary N) is 1. The zero-order valence-corrected chi connectivity index (χ0v) is 9.46. The van der Waals surface area contributed by atoms with Gasteiger partial charge in [-0.25, -0.2) is 4.98 Å². The van der Waals surface area contributed by atoms with Crippen molar-refractivity contribution < 1.29 is 9.15 Å². The van der Waals surface area contributed by atoms with Crippen molar-refractivity contribution in [2.45, 2.75) is 24.2 Å². The van der Waals surface area contributed by atoms with E-state index in [1.165, 1.54) is 12.8 Å². The maximum Gasteiger partial charge on any atom is 0.255 e. The molecule has 1 N–H and O–H groups in total. The highest BCUT2D eigenvalue weighted by Gasteiger charge is 2.14. The van der Waals surface area contributed by atoms with Crippen LogP contribution in [0.5, 0.6) is 0 Å². The monoisotopic (exact) mass is 228 g/mol. The van der Waals surface area contributed by atoms with Crippen molar-refractivity contribution in [1.29, 1.82) is 0 Å². The van der Waals surface area contributed by atoms with Gasteiger partial charge in [0.2, 0.25) is 0 Å². The van der Waals surface area contributed by atoms with Crippen LogP contribution in [0.15, 0.2) is 22.1 Å². The van der Waals surface area contributed by atoms with Gasteiger partial charge in [-0.05, 0) is 12.8 Å². The highest BCUT2D eigenvalue weighted by Crippen LogP contribution is 2.13. The Balaban J connectivity index is 1.48. The second kappa shape index (κ2) is 6.15. The van der Waals surface area contributed by atoms with Crippen LogP contribution in [0.4, 0.5) is 0 Å². The third-order valence-electron chi connectivity index (χ3n) is 2.31. The summed E-state index contributed by atoms with van der Waals surface area (Å²) in [5, 5.41) is 4.12. The Morgan fingerprint density at radius 3 is 3.33 bits per heavy atom. The van der Waals surface area contributed by atoms with Gasteiger partial charge in [0.15, 0.2) is 0 Å². The van der Waals surface area contributed by atoms with Crippen LogP contribution in [0.1, 0.15) is 12.8 Å². The van der Waals surface area contributed by atoms with Crippen molar-refractivity contribution in [3.8, 4) is 0 Å². The first-order valence-electron chi connectivity index (χ1n) is 5.30. The molecule has 0 saturated carbocycles. The first-order valence-corrected chi connectivity index (χ1v) is 6.28. The van der Waals surface area contributed by atoms with Gasteiger partial charge in [0, 0.05) is 25.4 Å². The molecule has 1 aliphatic heterocycles. The van der Waals surface area contributed by atoms with Crippen molar-refractivity contribution in [3.63, 3.8) is 0 Å². The van der Waals surface area contributed by atoms with E-state index < -0.39 is 0 Å². The molecule has 0 aliphatic carbocycles. The van der Waals surface area contributed by atoms with Crippen LogP contribution in [-0.4, -0.2) is 36.5 Å². The van der Waals surface area contributed by atoms with Gasteiger partial charge in [-0.2, -0.15) is 0 Å². The Kier molecular flexibility index (Phi) is 4.50. The summed E-state index contributed by atoms with van der Waals surface area (Å²) in [6, 6.07) is 0. The molecule has 0 radical (unpaired) electrons. The second-order valence-electron chi connectivity index (χ2n) is 3.49. The summed E-state index contributed by atoms with van der Waals surface area (Å²) in [5.41, 5.74) is 0. The second-order valence-corrected chi connectivity index (χ2v) is 4.53. The van der Waals surface area contributed by atoms with Gasteiger partial charge >= 0.3 is 0 Å². The van der Waals surface area contributed by atoms with E-state index in [0.717, 1.165) is 30.7 Å². The third kappa shape index (κ3) is 3.85. The lowest BCUT2D eigenvalue weighted by Crippen LogP contribution is -2.27. The summed E-state index contributed by atoms with van der Waals surface area (Å²) in [4.78, 5) is 4.04. The number of ether oxygens (including phenoxy) is 1. The predicted octanol–water partition coefficient (Wildman–Crippen LogP) is 1.54. The van der Waals surface area contributed by atoms with E-state index in [-0.39, 0.29) is 0 Å². The molecule has 84 valence electrons. The Morgan fingerprint density at radius 1 is 1.60 bits per heavy atom. The molecule has 1 fully saturated rings. The normalized spacial score (nSPS) is 20.9. The van der Waals surface area contributed by atoms with E-state index in [0.29, 0.717) is 6.10 Å². The lowest BCUT2D eigenvalue weighted by molar-refractivity contribution is 0.110. The van der Waals surface area contributed by atoms with Gasteiger partial charge in [-0.3, -0.25) is 0 Å². The fourth-order valence-corrected chi connectivity index (χ4v) is 2.24. The predicted molar refractivity (Wildman–Crippen MR) is 59.1 cm³/mol. The average Bonchev–Trinajstić information content (AvgIpc) is 2.88. The Bertz CT molecular complexity index is 260. The summed E-state index contributed by atoms with van der Waals surface area (Å²) >= 11 is 1.63. The van der Waals surface area contributed by atoms with Crippen LogP contribution < -0.4 is 5.32 Å². The maximum absolute atomic E-state index is 5.51. The van der Waals surface area contributed by atoms with Crippen molar-refractivity contribution in [1.82, 2.24) is 10.3 Å². The summed E-state index contributed by atoms with van der Waals surface area (Å²) in [6.07, 6.45) is 6.10. The number of hydrogen-bond acceptors (Lipinski definition) is 5. The highest BCUT2D eigenvalue weighted by molar-refractivity contribution is 7.99. The molecule has 2 heterocycles. The van der Waals surface area contributed by atoms with Gasteiger partial charge in [-0.15, -0.1) is 0 Å². The van der Waals surface area contributed by atoms with E-state index in [4.69, 9.17) is 9.15 Å². The zero-order chi connectivity index (χ0) is 10.3. The topological polar surface area (TPSA) is 47.3 Å². The maximum atomic E-state index is 5.51. The van der Waals surface area contributed by atoms with Crippen LogP contribution in [0.25, 0.3) is 0 Å². The molecular weight excluding hydrogens is 212 g/mol. The Labute approximate surface area is 93.8 Å². The first kappa shape index (κ1) is 11.0. The van der Waals surface area contributed by atoms with Gasteiger partial charge in [0.25, 0.3) is 5.22 Å². The van der Waals surface area contributed by atoms with Crippen molar-refractivity contribution in [2.24, 2.45) is 0 Å². The van der Waals surface area contributed by atoms with Crippen LogP contribution in [0.2, 0.25) is 0 Å². The lowest BCUT2D eigenvalue weighted by atomic mass is 10.2. The number of rotatable bonds is 6. The van der Waals surface area contributed by atoms with E-state index in [9.17, 15) is 0 Å². The third-order valence-corrected chi connectivity index (χ3v) is 3.17. The minimum Gasteiger partial charge on any atom is -0.440 e. The van der Waals surface area contributed by atoms with Crippen LogP contribution in [0.3, 0.4) is 0 Å². The van der Waals surface area contributed by atoms with Gasteiger partial charge in [0.1, 0.15) is 6.26 Å². The summed E-state index contributed by atoms with van der Waals surface area (Å²) in [7, 11) is 0. The summed E-state index contributed by atoms with van der Waals surface area (Å²) < 4.78 is 10.6. The SMILES string of the molecule is c1coc(SCCNCC2CCCO2)n1. The van der Waals surface area contributed by atoms with Crippen molar-refractivity contribution in [2.75, 3.05) is 25.4 Å². The molecule has 15 heavy (non-hydrogen) atoms. The average molecular weight is 228 g/mol. The molecule has 0 aromatic carbocycles. The van der Waals surface area contributed by atoms with E-state index in [2.05, 4.69) is 10.3 Å². The molecule has 4 nitrogen and oxygen atoms in total. The van der Waals surface area contributed by atoms with Gasteiger partial charge < -0.3 is 14.5 Å². The van der Waals surface area contributed by atoms with E-state index in [1.807, 2.05) is 0 Å². The zero-order valence-electron chi connectivity index (χ0n) is 8.65. The van der Waals surface area contributed by atoms with Crippen LogP contribution >= 0.6 is 11.8 Å². The number of nitrogens with zero attached hydrogens (tertiary/aromatic N) is 1. The molecule has 1 saturated heterocycles. The molecule has 0 spiro atoms. The Morgan fingerprint density at radius 2 is 2.60 bits per heavy atom. The molecule has 0 amide bonds. The molecular formula is C10H16N2O2S. The molecule has 5 heteroatoms. The molecule has 1 aromatic rings. The molecule has 2 rings (SSSR count). The van der Waals surface area contributed by atoms with Crippen molar-refractivity contribution in [3.05, 3.63) is 12.5 Å². The van der Waals surface area contributed by atoms with Crippen molar-refractivity contribution >= 4 is 11.8 Å². The summed E-state index contributed by atoms with van der Waals surface area (Å²) in [6.45, 7) is 2.86. The standard InChI is InChI=1S/C10H16N2O2S/c1-2-9(13-5-1)8-11-4-7-15-10-12-3-6-14-10/h3,6,9,11H,1-2,4-5,7-8H2. The van der Waals surface area contributed by atoms with Gasteiger partial charge in [0.05, 0.1) is 12.3 Å². The lowest BCUT2D eigenvalue weighted by Gasteiger charge is -2.09. The fraction of sp³-hybridized carbons (Fsp3) is 0.700. The quantitative estimate of drug-likeness (QED) is 0.591. The molecule has 1 aliphatic rings. The van der Waals surface area contributed by atoms with Crippen LogP contribution in [-0.2, 0) is 4.74 Å². The minimum absolute atomic E-state index is 0.428. The molecule has 1 aromatic heterocycles. The molecule has 1 atom stereocenters. The fourth-order valence-electron chi connectivity index (χ4n) is 1.56. The van der Waals surface area contributed by atoms with Crippen LogP contribution in [0, 0.1) is 0 Å². The number of thioether (sulfide) groups is 1. The molecule has 0 bridgehead atoms. The molecule has 1 unspecified atom stereocenters. The summed E-state index contributed by atoms with van der Waals surface area (Å²) in [5.74, 6) is 0.979. The smallest absolute Gasteiger partial charge is 0.255 e. The first-order chi connectivity index (χ1) is 7.45. The number of hydrogen-bond donors (Lipinski definition) is 1. The number of oxazole rings is 1. The number of aromatic nitrogens is 1. The Hall–Kier alpha value is -0.520. The van der Waals surface area contributed by atoms with E-state index in [1.54, 1.807) is 24.2 Å². The minimum atomic E-state index is 0.428. The van der Waals surface area contributed by atoms with Gasteiger partial charge in [-0.1, -0.05) is 11.8 Å². The van der Waals surface area contributed by atoms with E-state index >= 15 is 0 Å².